The monoisotopic (exact) mass is 253 g/mol. The molecule has 0 unspecified atom stereocenters. The van der Waals surface area contributed by atoms with E-state index in [-0.39, 0.29) is 5.91 Å². The zero-order valence-corrected chi connectivity index (χ0v) is 10.7. The van der Waals surface area contributed by atoms with E-state index < -0.39 is 12.0 Å². The second-order valence-electron chi connectivity index (χ2n) is 4.20. The highest BCUT2D eigenvalue weighted by molar-refractivity contribution is 7.12. The van der Waals surface area contributed by atoms with Gasteiger partial charge in [-0.1, -0.05) is 0 Å². The van der Waals surface area contributed by atoms with Gasteiger partial charge in [-0.2, -0.15) is 0 Å². The van der Waals surface area contributed by atoms with Crippen LogP contribution in [-0.4, -0.2) is 25.0 Å². The first kappa shape index (κ1) is 12.1. The maximum absolute atomic E-state index is 12.0. The molecule has 1 heterocycles. The Hall–Kier alpha value is -1.36. The molecule has 2 rings (SSSR count). The molecule has 0 saturated heterocycles. The van der Waals surface area contributed by atoms with Gasteiger partial charge in [0.15, 0.2) is 0 Å². The van der Waals surface area contributed by atoms with Crippen LogP contribution in [0.25, 0.3) is 0 Å². The van der Waals surface area contributed by atoms with Gasteiger partial charge < -0.3 is 10.1 Å². The maximum Gasteiger partial charge on any atom is 0.328 e. The predicted molar refractivity (Wildman–Crippen MR) is 65.2 cm³/mol. The van der Waals surface area contributed by atoms with Crippen LogP contribution in [0.3, 0.4) is 0 Å². The van der Waals surface area contributed by atoms with E-state index in [9.17, 15) is 9.59 Å². The summed E-state index contributed by atoms with van der Waals surface area (Å²) in [6.45, 7) is 1.62. The summed E-state index contributed by atoms with van der Waals surface area (Å²) in [5.74, 6) is -0.0712. The Labute approximate surface area is 104 Å². The lowest BCUT2D eigenvalue weighted by atomic mass is 10.1. The number of methoxy groups -OCH3 is 1. The highest BCUT2D eigenvalue weighted by Gasteiger charge is 2.29. The number of carbonyl (C=O) groups excluding carboxylic acids is 2. The van der Waals surface area contributed by atoms with Crippen molar-refractivity contribution in [1.82, 2.24) is 5.32 Å². The number of hydrogen-bond acceptors (Lipinski definition) is 4. The minimum atomic E-state index is -0.610. The zero-order valence-electron chi connectivity index (χ0n) is 9.86. The van der Waals surface area contributed by atoms with Crippen LogP contribution in [0.15, 0.2) is 11.4 Å². The molecule has 1 amide bonds. The van der Waals surface area contributed by atoms with Crippen LogP contribution >= 0.6 is 11.3 Å². The van der Waals surface area contributed by atoms with Crippen molar-refractivity contribution in [3.05, 3.63) is 21.9 Å². The van der Waals surface area contributed by atoms with Crippen molar-refractivity contribution in [2.45, 2.75) is 31.7 Å². The molecule has 1 fully saturated rings. The van der Waals surface area contributed by atoms with Crippen LogP contribution in [0.2, 0.25) is 0 Å². The number of rotatable bonds is 4. The number of thiophene rings is 1. The first-order valence-corrected chi connectivity index (χ1v) is 6.47. The van der Waals surface area contributed by atoms with E-state index in [1.54, 1.807) is 6.92 Å². The molecule has 0 aliphatic heterocycles. The first-order chi connectivity index (χ1) is 8.13. The fraction of sp³-hybridized carbons (Fsp3) is 0.500. The van der Waals surface area contributed by atoms with Crippen molar-refractivity contribution in [2.75, 3.05) is 7.11 Å². The molecule has 0 spiro atoms. The second-order valence-corrected chi connectivity index (χ2v) is 5.11. The first-order valence-electron chi connectivity index (χ1n) is 5.59. The molecule has 0 aromatic carbocycles. The third kappa shape index (κ3) is 2.66. The normalized spacial score (nSPS) is 16.4. The minimum absolute atomic E-state index is 0.181. The summed E-state index contributed by atoms with van der Waals surface area (Å²) in [7, 11) is 1.31. The summed E-state index contributed by atoms with van der Waals surface area (Å²) in [5, 5.41) is 4.57. The van der Waals surface area contributed by atoms with E-state index in [4.69, 9.17) is 0 Å². The number of nitrogens with one attached hydrogen (secondary N) is 1. The Bertz CT molecular complexity index is 437. The largest absolute Gasteiger partial charge is 0.467 e. The van der Waals surface area contributed by atoms with Gasteiger partial charge in [-0.15, -0.1) is 11.3 Å². The molecule has 1 aliphatic rings. The van der Waals surface area contributed by atoms with E-state index >= 15 is 0 Å². The molecule has 1 aliphatic carbocycles. The SMILES string of the molecule is COC(=O)[C@H](C)NC(=O)c1sccc1C1CC1. The minimum Gasteiger partial charge on any atom is -0.467 e. The lowest BCUT2D eigenvalue weighted by Gasteiger charge is -2.11. The van der Waals surface area contributed by atoms with E-state index in [1.165, 1.54) is 18.4 Å². The average molecular weight is 253 g/mol. The van der Waals surface area contributed by atoms with Crippen molar-refractivity contribution < 1.29 is 14.3 Å². The van der Waals surface area contributed by atoms with Crippen molar-refractivity contribution in [2.24, 2.45) is 0 Å². The smallest absolute Gasteiger partial charge is 0.328 e. The van der Waals surface area contributed by atoms with Gasteiger partial charge in [0.25, 0.3) is 5.91 Å². The standard InChI is InChI=1S/C12H15NO3S/c1-7(12(15)16-2)13-11(14)10-9(5-6-17-10)8-3-4-8/h5-8H,3-4H2,1-2H3,(H,13,14)/t7-/m0/s1. The predicted octanol–water partition coefficient (Wildman–Crippen LogP) is 1.92. The molecule has 1 aromatic rings. The Morgan fingerprint density at radius 2 is 2.24 bits per heavy atom. The number of hydrogen-bond donors (Lipinski definition) is 1. The summed E-state index contributed by atoms with van der Waals surface area (Å²) in [6, 6.07) is 1.39. The number of amides is 1. The number of carbonyl (C=O) groups is 2. The van der Waals surface area contributed by atoms with Gasteiger partial charge in [-0.05, 0) is 42.7 Å². The van der Waals surface area contributed by atoms with Crippen molar-refractivity contribution >= 4 is 23.2 Å². The summed E-state index contributed by atoms with van der Waals surface area (Å²) in [4.78, 5) is 23.9. The molecular formula is C12H15NO3S. The molecule has 1 N–H and O–H groups in total. The summed E-state index contributed by atoms with van der Waals surface area (Å²) in [6.07, 6.45) is 2.31. The van der Waals surface area contributed by atoms with Gasteiger partial charge in [0.05, 0.1) is 12.0 Å². The average Bonchev–Trinajstić information content (AvgIpc) is 3.05. The zero-order chi connectivity index (χ0) is 12.4. The van der Waals surface area contributed by atoms with Gasteiger partial charge in [0, 0.05) is 0 Å². The molecule has 1 atom stereocenters. The fourth-order valence-corrected chi connectivity index (χ4v) is 2.60. The highest BCUT2D eigenvalue weighted by atomic mass is 32.1. The molecule has 92 valence electrons. The third-order valence-electron chi connectivity index (χ3n) is 2.82. The van der Waals surface area contributed by atoms with Crippen LogP contribution in [0.5, 0.6) is 0 Å². The second kappa shape index (κ2) is 4.87. The van der Waals surface area contributed by atoms with Crippen LogP contribution in [0.1, 0.15) is 40.9 Å². The van der Waals surface area contributed by atoms with Crippen LogP contribution in [-0.2, 0) is 9.53 Å². The summed E-state index contributed by atoms with van der Waals surface area (Å²) >= 11 is 1.42. The van der Waals surface area contributed by atoms with Crippen LogP contribution in [0.4, 0.5) is 0 Å². The van der Waals surface area contributed by atoms with Crippen LogP contribution in [0, 0.1) is 0 Å². The lowest BCUT2D eigenvalue weighted by molar-refractivity contribution is -0.142. The van der Waals surface area contributed by atoms with E-state index in [2.05, 4.69) is 10.1 Å². The van der Waals surface area contributed by atoms with Gasteiger partial charge in [0.2, 0.25) is 0 Å². The Morgan fingerprint density at radius 3 is 2.82 bits per heavy atom. The van der Waals surface area contributed by atoms with Crippen molar-refractivity contribution in [3.8, 4) is 0 Å². The van der Waals surface area contributed by atoms with Gasteiger partial charge in [-0.3, -0.25) is 4.79 Å². The lowest BCUT2D eigenvalue weighted by Crippen LogP contribution is -2.39. The molecular weight excluding hydrogens is 238 g/mol. The van der Waals surface area contributed by atoms with Crippen molar-refractivity contribution in [3.63, 3.8) is 0 Å². The van der Waals surface area contributed by atoms with Gasteiger partial charge >= 0.3 is 5.97 Å². The molecule has 1 aromatic heterocycles. The molecule has 17 heavy (non-hydrogen) atoms. The molecule has 0 bridgehead atoms. The Kier molecular flexibility index (Phi) is 3.47. The fourth-order valence-electron chi connectivity index (χ4n) is 1.72. The summed E-state index contributed by atoms with van der Waals surface area (Å²) < 4.78 is 4.57. The van der Waals surface area contributed by atoms with Gasteiger partial charge in [0.1, 0.15) is 6.04 Å². The topological polar surface area (TPSA) is 55.4 Å². The summed E-state index contributed by atoms with van der Waals surface area (Å²) in [5.41, 5.74) is 1.12. The number of esters is 1. The Morgan fingerprint density at radius 1 is 1.53 bits per heavy atom. The molecule has 0 radical (unpaired) electrons. The van der Waals surface area contributed by atoms with E-state index in [0.29, 0.717) is 5.92 Å². The molecule has 1 saturated carbocycles. The third-order valence-corrected chi connectivity index (χ3v) is 3.75. The van der Waals surface area contributed by atoms with E-state index in [1.807, 2.05) is 11.4 Å². The van der Waals surface area contributed by atoms with Crippen LogP contribution < -0.4 is 5.32 Å². The Balaban J connectivity index is 2.04. The maximum atomic E-state index is 12.0. The quantitative estimate of drug-likeness (QED) is 0.834. The molecule has 4 nitrogen and oxygen atoms in total. The molecule has 5 heteroatoms. The van der Waals surface area contributed by atoms with Gasteiger partial charge in [-0.25, -0.2) is 4.79 Å². The van der Waals surface area contributed by atoms with Crippen molar-refractivity contribution in [1.29, 1.82) is 0 Å². The number of ether oxygens (including phenoxy) is 1. The highest BCUT2D eigenvalue weighted by Crippen LogP contribution is 2.43. The van der Waals surface area contributed by atoms with E-state index in [0.717, 1.165) is 23.3 Å².